The van der Waals surface area contributed by atoms with Crippen molar-refractivity contribution in [2.45, 2.75) is 26.7 Å². The third-order valence-electron chi connectivity index (χ3n) is 3.35. The summed E-state index contributed by atoms with van der Waals surface area (Å²) in [6.45, 7) is 6.18. The van der Waals surface area contributed by atoms with E-state index in [4.69, 9.17) is 0 Å². The maximum absolute atomic E-state index is 12.1. The van der Waals surface area contributed by atoms with E-state index in [-0.39, 0.29) is 11.3 Å². The van der Waals surface area contributed by atoms with Crippen LogP contribution in [0.5, 0.6) is 0 Å². The van der Waals surface area contributed by atoms with Gasteiger partial charge in [-0.1, -0.05) is 13.8 Å². The van der Waals surface area contributed by atoms with Crippen molar-refractivity contribution in [3.05, 3.63) is 0 Å². The molecule has 1 atom stereocenters. The molecule has 1 fully saturated rings. The molecule has 0 spiro atoms. The second kappa shape index (κ2) is 4.30. The average molecular weight is 198 g/mol. The normalized spacial score (nSPS) is 27.8. The van der Waals surface area contributed by atoms with E-state index >= 15 is 0 Å². The van der Waals surface area contributed by atoms with Gasteiger partial charge in [0.25, 0.3) is 0 Å². The molecular weight excluding hydrogens is 176 g/mol. The lowest BCUT2D eigenvalue weighted by molar-refractivity contribution is -0.143. The third kappa shape index (κ3) is 1.92. The molecule has 0 aromatic heterocycles. The van der Waals surface area contributed by atoms with Crippen LogP contribution in [-0.2, 0) is 4.79 Å². The van der Waals surface area contributed by atoms with Gasteiger partial charge >= 0.3 is 0 Å². The molecule has 1 aliphatic heterocycles. The van der Waals surface area contributed by atoms with E-state index < -0.39 is 0 Å². The Morgan fingerprint density at radius 3 is 2.43 bits per heavy atom. The van der Waals surface area contributed by atoms with Crippen molar-refractivity contribution >= 4 is 5.91 Å². The molecule has 1 amide bonds. The molecule has 0 aliphatic carbocycles. The first-order valence-corrected chi connectivity index (χ1v) is 5.43. The highest BCUT2D eigenvalue weighted by molar-refractivity contribution is 5.83. The van der Waals surface area contributed by atoms with Crippen LogP contribution in [0.4, 0.5) is 0 Å². The quantitative estimate of drug-likeness (QED) is 0.720. The Hall–Kier alpha value is -0.570. The van der Waals surface area contributed by atoms with Gasteiger partial charge in [-0.05, 0) is 25.3 Å². The molecule has 0 bridgehead atoms. The van der Waals surface area contributed by atoms with Gasteiger partial charge in [0.05, 0.1) is 5.41 Å². The molecule has 1 aliphatic rings. The van der Waals surface area contributed by atoms with E-state index in [1.54, 1.807) is 4.90 Å². The van der Waals surface area contributed by atoms with Crippen LogP contribution in [0.25, 0.3) is 0 Å². The van der Waals surface area contributed by atoms with E-state index in [0.29, 0.717) is 5.92 Å². The molecule has 1 unspecified atom stereocenters. The average Bonchev–Trinajstić information content (AvgIpc) is 2.17. The van der Waals surface area contributed by atoms with Crippen LogP contribution in [0.3, 0.4) is 0 Å². The first-order chi connectivity index (χ1) is 6.50. The van der Waals surface area contributed by atoms with Gasteiger partial charge in [0.15, 0.2) is 0 Å². The fourth-order valence-corrected chi connectivity index (χ4v) is 2.30. The largest absolute Gasteiger partial charge is 0.348 e. The maximum Gasteiger partial charge on any atom is 0.229 e. The Bertz CT molecular complexity index is 205. The first kappa shape index (κ1) is 11.5. The van der Waals surface area contributed by atoms with Gasteiger partial charge in [-0.25, -0.2) is 0 Å². The summed E-state index contributed by atoms with van der Waals surface area (Å²) in [5.41, 5.74) is -0.165. The zero-order chi connectivity index (χ0) is 10.8. The summed E-state index contributed by atoms with van der Waals surface area (Å²) < 4.78 is 0. The fourth-order valence-electron chi connectivity index (χ4n) is 2.30. The molecular formula is C11H22N2O. The second-order valence-corrected chi connectivity index (χ2v) is 4.79. The molecule has 82 valence electrons. The minimum Gasteiger partial charge on any atom is -0.348 e. The van der Waals surface area contributed by atoms with Crippen molar-refractivity contribution in [2.75, 3.05) is 27.2 Å². The van der Waals surface area contributed by atoms with Crippen LogP contribution in [0.2, 0.25) is 0 Å². The number of nitrogens with zero attached hydrogens (tertiary/aromatic N) is 1. The first-order valence-electron chi connectivity index (χ1n) is 5.43. The molecule has 1 N–H and O–H groups in total. The van der Waals surface area contributed by atoms with Crippen molar-refractivity contribution in [3.8, 4) is 0 Å². The molecule has 1 heterocycles. The van der Waals surface area contributed by atoms with Crippen LogP contribution < -0.4 is 5.32 Å². The molecule has 3 heteroatoms. The number of piperidine rings is 1. The summed E-state index contributed by atoms with van der Waals surface area (Å²) in [6.07, 6.45) is 2.13. The molecule has 0 aromatic rings. The van der Waals surface area contributed by atoms with Crippen LogP contribution in [0.15, 0.2) is 0 Å². The van der Waals surface area contributed by atoms with Crippen molar-refractivity contribution in [1.29, 1.82) is 0 Å². The van der Waals surface area contributed by atoms with Crippen molar-refractivity contribution < 1.29 is 4.79 Å². The van der Waals surface area contributed by atoms with E-state index in [0.717, 1.165) is 25.9 Å². The van der Waals surface area contributed by atoms with Crippen molar-refractivity contribution in [1.82, 2.24) is 10.2 Å². The third-order valence-corrected chi connectivity index (χ3v) is 3.35. The van der Waals surface area contributed by atoms with Gasteiger partial charge < -0.3 is 10.2 Å². The lowest BCUT2D eigenvalue weighted by atomic mass is 9.71. The summed E-state index contributed by atoms with van der Waals surface area (Å²) in [6, 6.07) is 0. The Morgan fingerprint density at radius 1 is 1.43 bits per heavy atom. The maximum atomic E-state index is 12.1. The molecule has 0 radical (unpaired) electrons. The number of carbonyl (C=O) groups is 1. The van der Waals surface area contributed by atoms with Gasteiger partial charge in [-0.15, -0.1) is 0 Å². The predicted octanol–water partition coefficient (Wildman–Crippen LogP) is 1.10. The van der Waals surface area contributed by atoms with Gasteiger partial charge in [-0.2, -0.15) is 0 Å². The number of nitrogens with one attached hydrogen (secondary N) is 1. The second-order valence-electron chi connectivity index (χ2n) is 4.79. The van der Waals surface area contributed by atoms with Gasteiger partial charge in [0, 0.05) is 20.6 Å². The van der Waals surface area contributed by atoms with Crippen LogP contribution in [0.1, 0.15) is 26.7 Å². The zero-order valence-electron chi connectivity index (χ0n) is 9.76. The Kier molecular flexibility index (Phi) is 3.53. The van der Waals surface area contributed by atoms with E-state index in [1.165, 1.54) is 0 Å². The minimum absolute atomic E-state index is 0.165. The fraction of sp³-hybridized carbons (Fsp3) is 0.909. The summed E-state index contributed by atoms with van der Waals surface area (Å²) in [4.78, 5) is 13.9. The van der Waals surface area contributed by atoms with E-state index in [2.05, 4.69) is 19.2 Å². The zero-order valence-corrected chi connectivity index (χ0v) is 9.76. The predicted molar refractivity (Wildman–Crippen MR) is 58.1 cm³/mol. The van der Waals surface area contributed by atoms with Crippen LogP contribution in [0, 0.1) is 11.3 Å². The lowest BCUT2D eigenvalue weighted by Crippen LogP contribution is -2.53. The summed E-state index contributed by atoms with van der Waals surface area (Å²) >= 11 is 0. The van der Waals surface area contributed by atoms with Gasteiger partial charge in [0.2, 0.25) is 5.91 Å². The van der Waals surface area contributed by atoms with Gasteiger partial charge in [-0.3, -0.25) is 4.79 Å². The molecule has 1 saturated heterocycles. The topological polar surface area (TPSA) is 32.3 Å². The smallest absolute Gasteiger partial charge is 0.229 e. The Labute approximate surface area is 86.9 Å². The summed E-state index contributed by atoms with van der Waals surface area (Å²) in [5, 5.41) is 3.35. The van der Waals surface area contributed by atoms with Crippen LogP contribution in [-0.4, -0.2) is 38.0 Å². The Morgan fingerprint density at radius 2 is 2.07 bits per heavy atom. The summed E-state index contributed by atoms with van der Waals surface area (Å²) in [7, 11) is 3.70. The van der Waals surface area contributed by atoms with Gasteiger partial charge in [0.1, 0.15) is 0 Å². The molecule has 3 nitrogen and oxygen atoms in total. The SMILES string of the molecule is CC(C)C1(C(=O)N(C)C)CCCNC1. The van der Waals surface area contributed by atoms with E-state index in [9.17, 15) is 4.79 Å². The highest BCUT2D eigenvalue weighted by Gasteiger charge is 2.43. The highest BCUT2D eigenvalue weighted by Crippen LogP contribution is 2.35. The number of hydrogen-bond acceptors (Lipinski definition) is 2. The lowest BCUT2D eigenvalue weighted by Gasteiger charge is -2.41. The number of carbonyl (C=O) groups excluding carboxylic acids is 1. The number of amides is 1. The standard InChI is InChI=1S/C11H22N2O/c1-9(2)11(10(14)13(3)4)6-5-7-12-8-11/h9,12H,5-8H2,1-4H3. The number of hydrogen-bond donors (Lipinski definition) is 1. The summed E-state index contributed by atoms with van der Waals surface area (Å²) in [5.74, 6) is 0.685. The molecule has 1 rings (SSSR count). The minimum atomic E-state index is -0.165. The molecule has 14 heavy (non-hydrogen) atoms. The highest BCUT2D eigenvalue weighted by atomic mass is 16.2. The van der Waals surface area contributed by atoms with E-state index in [1.807, 2.05) is 14.1 Å². The Balaban J connectivity index is 2.85. The molecule has 0 aromatic carbocycles. The van der Waals surface area contributed by atoms with Crippen LogP contribution >= 0.6 is 0 Å². The van der Waals surface area contributed by atoms with Crippen molar-refractivity contribution in [2.24, 2.45) is 11.3 Å². The number of rotatable bonds is 2. The molecule has 0 saturated carbocycles. The van der Waals surface area contributed by atoms with Crippen molar-refractivity contribution in [3.63, 3.8) is 0 Å². The monoisotopic (exact) mass is 198 g/mol.